The summed E-state index contributed by atoms with van der Waals surface area (Å²) in [5.41, 5.74) is 3.64. The Morgan fingerprint density at radius 3 is 3.17 bits per heavy atom. The van der Waals surface area contributed by atoms with E-state index in [2.05, 4.69) is 22.4 Å². The number of methoxy groups -OCH3 is 1. The fourth-order valence-corrected chi connectivity index (χ4v) is 3.20. The molecule has 0 saturated carbocycles. The zero-order chi connectivity index (χ0) is 12.5. The Labute approximate surface area is 108 Å². The molecule has 0 unspecified atom stereocenters. The van der Waals surface area contributed by atoms with E-state index < -0.39 is 0 Å². The predicted molar refractivity (Wildman–Crippen MR) is 72.6 cm³/mol. The average molecular weight is 244 g/mol. The molecule has 96 valence electrons. The molecule has 2 aliphatic rings. The van der Waals surface area contributed by atoms with E-state index >= 15 is 0 Å². The third-order valence-electron chi connectivity index (χ3n) is 4.26. The smallest absolute Gasteiger partial charge is 0.140 e. The predicted octanol–water partition coefficient (Wildman–Crippen LogP) is 2.41. The topological polar surface area (TPSA) is 34.1 Å². The van der Waals surface area contributed by atoms with E-state index in [1.54, 1.807) is 7.11 Å². The van der Waals surface area contributed by atoms with Crippen LogP contribution >= 0.6 is 0 Å². The molecule has 1 aromatic rings. The minimum absolute atomic E-state index is 0.660. The Bertz CT molecular complexity index is 481. The number of pyridine rings is 1. The average Bonchev–Trinajstić information content (AvgIpc) is 2.83. The van der Waals surface area contributed by atoms with Crippen LogP contribution in [-0.4, -0.2) is 25.2 Å². The second-order valence-corrected chi connectivity index (χ2v) is 5.27. The maximum atomic E-state index is 5.38. The van der Waals surface area contributed by atoms with Gasteiger partial charge in [-0.3, -0.25) is 4.98 Å². The number of aryl methyl sites for hydroxylation is 1. The van der Waals surface area contributed by atoms with Gasteiger partial charge in [-0.05, 0) is 55.3 Å². The first kappa shape index (κ1) is 11.7. The quantitative estimate of drug-likeness (QED) is 0.867. The van der Waals surface area contributed by atoms with Gasteiger partial charge in [-0.15, -0.1) is 0 Å². The van der Waals surface area contributed by atoms with E-state index in [4.69, 9.17) is 4.74 Å². The van der Waals surface area contributed by atoms with Crippen molar-refractivity contribution >= 4 is 5.57 Å². The van der Waals surface area contributed by atoms with Crippen LogP contribution < -0.4 is 10.1 Å². The number of rotatable bonds is 2. The van der Waals surface area contributed by atoms with Crippen molar-refractivity contribution in [2.45, 2.75) is 19.8 Å². The van der Waals surface area contributed by atoms with Gasteiger partial charge in [0.05, 0.1) is 12.8 Å². The van der Waals surface area contributed by atoms with Crippen molar-refractivity contribution in [1.82, 2.24) is 10.3 Å². The van der Waals surface area contributed by atoms with Gasteiger partial charge < -0.3 is 10.1 Å². The molecule has 0 radical (unpaired) electrons. The van der Waals surface area contributed by atoms with Crippen LogP contribution in [0, 0.1) is 18.8 Å². The standard InChI is InChI=1S/C15H20N2O/c1-10-15(18-2)7-12(8-17-10)13-4-3-11-5-6-16-9-14(11)13/h4,7-8,11,14,16H,3,5-6,9H2,1-2H3/t11-,14+/m1/s1. The third kappa shape index (κ3) is 1.93. The van der Waals surface area contributed by atoms with Crippen molar-refractivity contribution < 1.29 is 4.74 Å². The van der Waals surface area contributed by atoms with Crippen molar-refractivity contribution in [3.63, 3.8) is 0 Å². The maximum Gasteiger partial charge on any atom is 0.140 e. The molecular weight excluding hydrogens is 224 g/mol. The fourth-order valence-electron chi connectivity index (χ4n) is 3.20. The lowest BCUT2D eigenvalue weighted by molar-refractivity contribution is 0.328. The normalized spacial score (nSPS) is 26.7. The number of fused-ring (bicyclic) bond motifs is 1. The van der Waals surface area contributed by atoms with E-state index in [0.29, 0.717) is 5.92 Å². The summed E-state index contributed by atoms with van der Waals surface area (Å²) in [7, 11) is 1.71. The van der Waals surface area contributed by atoms with Crippen LogP contribution in [0.15, 0.2) is 18.3 Å². The molecule has 1 N–H and O–H groups in total. The first-order valence-corrected chi connectivity index (χ1v) is 6.71. The molecule has 0 spiro atoms. The molecule has 1 fully saturated rings. The molecule has 0 bridgehead atoms. The van der Waals surface area contributed by atoms with Crippen LogP contribution in [0.3, 0.4) is 0 Å². The molecular formula is C15H20N2O. The van der Waals surface area contributed by atoms with Gasteiger partial charge in [-0.1, -0.05) is 6.08 Å². The number of aromatic nitrogens is 1. The second kappa shape index (κ2) is 4.73. The Kier molecular flexibility index (Phi) is 3.08. The highest BCUT2D eigenvalue weighted by atomic mass is 16.5. The summed E-state index contributed by atoms with van der Waals surface area (Å²) in [4.78, 5) is 4.45. The largest absolute Gasteiger partial charge is 0.495 e. The minimum atomic E-state index is 0.660. The van der Waals surface area contributed by atoms with Crippen LogP contribution in [0.2, 0.25) is 0 Å². The molecule has 1 aromatic heterocycles. The van der Waals surface area contributed by atoms with Crippen LogP contribution in [-0.2, 0) is 0 Å². The van der Waals surface area contributed by atoms with E-state index in [1.807, 2.05) is 13.1 Å². The van der Waals surface area contributed by atoms with Crippen LogP contribution in [0.25, 0.3) is 5.57 Å². The van der Waals surface area contributed by atoms with Gasteiger partial charge in [0.1, 0.15) is 5.75 Å². The highest BCUT2D eigenvalue weighted by molar-refractivity contribution is 5.70. The van der Waals surface area contributed by atoms with Crippen molar-refractivity contribution in [2.75, 3.05) is 20.2 Å². The Balaban J connectivity index is 1.91. The first-order valence-electron chi connectivity index (χ1n) is 6.71. The molecule has 3 nitrogen and oxygen atoms in total. The van der Waals surface area contributed by atoms with Gasteiger partial charge in [0, 0.05) is 12.7 Å². The minimum Gasteiger partial charge on any atom is -0.495 e. The van der Waals surface area contributed by atoms with Crippen molar-refractivity contribution in [2.24, 2.45) is 11.8 Å². The summed E-state index contributed by atoms with van der Waals surface area (Å²) >= 11 is 0. The highest BCUT2D eigenvalue weighted by Gasteiger charge is 2.32. The molecule has 1 saturated heterocycles. The molecule has 0 amide bonds. The molecule has 2 atom stereocenters. The number of piperidine rings is 1. The third-order valence-corrected chi connectivity index (χ3v) is 4.26. The first-order chi connectivity index (χ1) is 8.79. The van der Waals surface area contributed by atoms with Crippen LogP contribution in [0.4, 0.5) is 0 Å². The molecule has 3 rings (SSSR count). The Morgan fingerprint density at radius 2 is 2.33 bits per heavy atom. The number of ether oxygens (including phenoxy) is 1. The van der Waals surface area contributed by atoms with Crippen LogP contribution in [0.1, 0.15) is 24.1 Å². The van der Waals surface area contributed by atoms with Gasteiger partial charge in [-0.25, -0.2) is 0 Å². The number of hydrogen-bond donors (Lipinski definition) is 1. The number of hydrogen-bond acceptors (Lipinski definition) is 3. The van der Waals surface area contributed by atoms with Gasteiger partial charge in [0.2, 0.25) is 0 Å². The lowest BCUT2D eigenvalue weighted by atomic mass is 9.84. The molecule has 2 heterocycles. The van der Waals surface area contributed by atoms with Crippen molar-refractivity contribution in [3.05, 3.63) is 29.6 Å². The van der Waals surface area contributed by atoms with E-state index in [-0.39, 0.29) is 0 Å². The summed E-state index contributed by atoms with van der Waals surface area (Å²) in [6, 6.07) is 2.13. The maximum absolute atomic E-state index is 5.38. The monoisotopic (exact) mass is 244 g/mol. The van der Waals surface area contributed by atoms with Gasteiger partial charge in [0.15, 0.2) is 0 Å². The second-order valence-electron chi connectivity index (χ2n) is 5.27. The van der Waals surface area contributed by atoms with Gasteiger partial charge in [-0.2, -0.15) is 0 Å². The van der Waals surface area contributed by atoms with E-state index in [0.717, 1.165) is 30.5 Å². The summed E-state index contributed by atoms with van der Waals surface area (Å²) in [6.45, 7) is 4.25. The summed E-state index contributed by atoms with van der Waals surface area (Å²) in [5, 5.41) is 3.50. The van der Waals surface area contributed by atoms with E-state index in [1.165, 1.54) is 24.0 Å². The zero-order valence-electron chi connectivity index (χ0n) is 11.1. The highest BCUT2D eigenvalue weighted by Crippen LogP contribution is 2.41. The molecule has 1 aliphatic heterocycles. The van der Waals surface area contributed by atoms with Crippen molar-refractivity contribution in [3.8, 4) is 5.75 Å². The lowest BCUT2D eigenvalue weighted by Crippen LogP contribution is -2.34. The number of nitrogens with zero attached hydrogens (tertiary/aromatic N) is 1. The van der Waals surface area contributed by atoms with Crippen molar-refractivity contribution in [1.29, 1.82) is 0 Å². The van der Waals surface area contributed by atoms with Crippen LogP contribution in [0.5, 0.6) is 5.75 Å². The zero-order valence-corrected chi connectivity index (χ0v) is 11.1. The lowest BCUT2D eigenvalue weighted by Gasteiger charge is -2.28. The summed E-state index contributed by atoms with van der Waals surface area (Å²) < 4.78 is 5.38. The SMILES string of the molecule is COc1cc(C2=CC[C@@H]3CCNC[C@H]23)cnc1C. The Morgan fingerprint density at radius 1 is 1.44 bits per heavy atom. The molecule has 3 heteroatoms. The molecule has 18 heavy (non-hydrogen) atoms. The van der Waals surface area contributed by atoms with Gasteiger partial charge in [0.25, 0.3) is 0 Å². The summed E-state index contributed by atoms with van der Waals surface area (Å²) in [5.74, 6) is 2.38. The van der Waals surface area contributed by atoms with Gasteiger partial charge >= 0.3 is 0 Å². The molecule has 1 aliphatic carbocycles. The van der Waals surface area contributed by atoms with E-state index in [9.17, 15) is 0 Å². The summed E-state index contributed by atoms with van der Waals surface area (Å²) in [6.07, 6.45) is 6.90. The number of nitrogens with one attached hydrogen (secondary N) is 1. The Hall–Kier alpha value is -1.35. The molecule has 0 aromatic carbocycles. The fraction of sp³-hybridized carbons (Fsp3) is 0.533. The number of allylic oxidation sites excluding steroid dienone is 1.